The number of carbonyl (C=O) groups excluding carboxylic acids is 1. The van der Waals surface area contributed by atoms with Gasteiger partial charge in [0.1, 0.15) is 10.6 Å². The average Bonchev–Trinajstić information content (AvgIpc) is 2.63. The molecular formula is C10H15N3O3S. The molecule has 0 spiro atoms. The summed E-state index contributed by atoms with van der Waals surface area (Å²) in [4.78, 5) is 11.5. The highest BCUT2D eigenvalue weighted by molar-refractivity contribution is 7.11. The van der Waals surface area contributed by atoms with Gasteiger partial charge in [0, 0.05) is 13.2 Å². The van der Waals surface area contributed by atoms with Gasteiger partial charge in [0.25, 0.3) is 0 Å². The third-order valence-corrected chi connectivity index (χ3v) is 3.66. The van der Waals surface area contributed by atoms with E-state index in [4.69, 9.17) is 10.5 Å². The van der Waals surface area contributed by atoms with Crippen LogP contribution >= 0.6 is 11.5 Å². The van der Waals surface area contributed by atoms with Gasteiger partial charge in [-0.2, -0.15) is 4.37 Å². The molecule has 1 aromatic rings. The van der Waals surface area contributed by atoms with E-state index >= 15 is 0 Å². The molecule has 0 atom stereocenters. The molecule has 1 heterocycles. The first-order chi connectivity index (χ1) is 8.15. The van der Waals surface area contributed by atoms with E-state index < -0.39 is 5.97 Å². The average molecular weight is 257 g/mol. The second-order valence-corrected chi connectivity index (χ2v) is 4.71. The minimum absolute atomic E-state index is 0.215. The molecule has 0 amide bonds. The van der Waals surface area contributed by atoms with Gasteiger partial charge in [-0.15, -0.1) is 0 Å². The third-order valence-electron chi connectivity index (χ3n) is 2.87. The highest BCUT2D eigenvalue weighted by Gasteiger charge is 2.31. The summed E-state index contributed by atoms with van der Waals surface area (Å²) < 4.78 is 13.8. The number of nitrogen functional groups attached to an aromatic ring is 1. The maximum atomic E-state index is 11.5. The van der Waals surface area contributed by atoms with E-state index in [2.05, 4.69) is 14.4 Å². The summed E-state index contributed by atoms with van der Waals surface area (Å²) in [6, 6.07) is 0.309. The highest BCUT2D eigenvalue weighted by atomic mass is 32.1. The number of esters is 1. The molecular weight excluding hydrogens is 242 g/mol. The molecule has 0 saturated heterocycles. The van der Waals surface area contributed by atoms with Crippen LogP contribution in [0.5, 0.6) is 0 Å². The van der Waals surface area contributed by atoms with E-state index in [0.717, 1.165) is 12.8 Å². The van der Waals surface area contributed by atoms with Gasteiger partial charge in [-0.3, -0.25) is 0 Å². The normalized spacial score (nSPS) is 22.9. The Hall–Kier alpha value is -1.34. The molecule has 1 saturated carbocycles. The van der Waals surface area contributed by atoms with Crippen molar-refractivity contribution in [2.24, 2.45) is 0 Å². The minimum Gasteiger partial charge on any atom is -0.465 e. The smallest absolute Gasteiger partial charge is 0.344 e. The predicted molar refractivity (Wildman–Crippen MR) is 65.3 cm³/mol. The Morgan fingerprint density at radius 2 is 2.24 bits per heavy atom. The van der Waals surface area contributed by atoms with Crippen molar-refractivity contribution in [3.63, 3.8) is 0 Å². The van der Waals surface area contributed by atoms with Crippen LogP contribution in [0.25, 0.3) is 0 Å². The minimum atomic E-state index is -0.457. The monoisotopic (exact) mass is 257 g/mol. The van der Waals surface area contributed by atoms with E-state index in [1.807, 2.05) is 0 Å². The summed E-state index contributed by atoms with van der Waals surface area (Å²) in [6.45, 7) is 0. The van der Waals surface area contributed by atoms with E-state index in [9.17, 15) is 4.79 Å². The van der Waals surface area contributed by atoms with Gasteiger partial charge in [-0.25, -0.2) is 4.79 Å². The van der Waals surface area contributed by atoms with Crippen molar-refractivity contribution in [2.75, 3.05) is 25.3 Å². The summed E-state index contributed by atoms with van der Waals surface area (Å²) in [5.41, 5.74) is 5.97. The summed E-state index contributed by atoms with van der Waals surface area (Å²) in [7, 11) is 3.03. The standard InChI is InChI=1S/C10H15N3O3S/c1-15-6-3-5(4-6)12-9-7(10(14)16-2)8(11)13-17-9/h5-6,12H,3-4H2,1-2H3,(H2,11,13). The number of aromatic nitrogens is 1. The maximum Gasteiger partial charge on any atom is 0.344 e. The third kappa shape index (κ3) is 2.34. The molecule has 0 bridgehead atoms. The first kappa shape index (κ1) is 12.1. The van der Waals surface area contributed by atoms with Crippen LogP contribution in [0.2, 0.25) is 0 Å². The Kier molecular flexibility index (Phi) is 3.49. The topological polar surface area (TPSA) is 86.5 Å². The Balaban J connectivity index is 2.04. The molecule has 2 rings (SSSR count). The SMILES string of the molecule is COC(=O)c1c(N)nsc1NC1CC(OC)C1. The Morgan fingerprint density at radius 3 is 2.82 bits per heavy atom. The fourth-order valence-electron chi connectivity index (χ4n) is 1.76. The van der Waals surface area contributed by atoms with Crippen molar-refractivity contribution in [3.05, 3.63) is 5.56 Å². The molecule has 7 heteroatoms. The van der Waals surface area contributed by atoms with E-state index in [1.54, 1.807) is 7.11 Å². The number of anilines is 2. The van der Waals surface area contributed by atoms with Crippen LogP contribution in [0.1, 0.15) is 23.2 Å². The van der Waals surface area contributed by atoms with Crippen LogP contribution in [0.3, 0.4) is 0 Å². The lowest BCUT2D eigenvalue weighted by atomic mass is 9.89. The lowest BCUT2D eigenvalue weighted by Crippen LogP contribution is -2.40. The number of hydrogen-bond acceptors (Lipinski definition) is 7. The van der Waals surface area contributed by atoms with Crippen LogP contribution in [-0.4, -0.2) is 36.7 Å². The molecule has 1 aromatic heterocycles. The van der Waals surface area contributed by atoms with Gasteiger partial charge in [-0.1, -0.05) is 0 Å². The molecule has 1 aliphatic rings. The number of nitrogens with zero attached hydrogens (tertiary/aromatic N) is 1. The van der Waals surface area contributed by atoms with Gasteiger partial charge >= 0.3 is 5.97 Å². The molecule has 0 unspecified atom stereocenters. The number of nitrogens with one attached hydrogen (secondary N) is 1. The van der Waals surface area contributed by atoms with Crippen LogP contribution < -0.4 is 11.1 Å². The second kappa shape index (κ2) is 4.89. The van der Waals surface area contributed by atoms with Gasteiger partial charge < -0.3 is 20.5 Å². The van der Waals surface area contributed by atoms with E-state index in [0.29, 0.717) is 22.7 Å². The molecule has 17 heavy (non-hydrogen) atoms. The lowest BCUT2D eigenvalue weighted by Gasteiger charge is -2.34. The molecule has 94 valence electrons. The number of methoxy groups -OCH3 is 2. The quantitative estimate of drug-likeness (QED) is 0.785. The van der Waals surface area contributed by atoms with Crippen molar-refractivity contribution in [2.45, 2.75) is 25.0 Å². The van der Waals surface area contributed by atoms with E-state index in [-0.39, 0.29) is 5.82 Å². The molecule has 3 N–H and O–H groups in total. The zero-order valence-corrected chi connectivity index (χ0v) is 10.5. The van der Waals surface area contributed by atoms with E-state index in [1.165, 1.54) is 18.6 Å². The zero-order valence-electron chi connectivity index (χ0n) is 9.73. The van der Waals surface area contributed by atoms with Gasteiger partial charge in [0.05, 0.1) is 13.2 Å². The molecule has 0 aliphatic heterocycles. The van der Waals surface area contributed by atoms with Crippen molar-refractivity contribution in [1.82, 2.24) is 4.37 Å². The highest BCUT2D eigenvalue weighted by Crippen LogP contribution is 2.32. The Labute approximate surface area is 103 Å². The molecule has 0 aromatic carbocycles. The predicted octanol–water partition coefficient (Wildman–Crippen LogP) is 1.10. The van der Waals surface area contributed by atoms with Crippen molar-refractivity contribution in [3.8, 4) is 0 Å². The van der Waals surface area contributed by atoms with Gasteiger partial charge in [0.2, 0.25) is 0 Å². The van der Waals surface area contributed by atoms with Gasteiger partial charge in [-0.05, 0) is 24.4 Å². The van der Waals surface area contributed by atoms with Crippen LogP contribution in [-0.2, 0) is 9.47 Å². The first-order valence-electron chi connectivity index (χ1n) is 5.28. The summed E-state index contributed by atoms with van der Waals surface area (Å²) in [5, 5.41) is 3.92. The van der Waals surface area contributed by atoms with Crippen LogP contribution in [0, 0.1) is 0 Å². The zero-order chi connectivity index (χ0) is 12.4. The Morgan fingerprint density at radius 1 is 1.53 bits per heavy atom. The van der Waals surface area contributed by atoms with Crippen LogP contribution in [0.15, 0.2) is 0 Å². The number of hydrogen-bond donors (Lipinski definition) is 2. The first-order valence-corrected chi connectivity index (χ1v) is 6.05. The Bertz CT molecular complexity index is 415. The van der Waals surface area contributed by atoms with Crippen molar-refractivity contribution >= 4 is 28.3 Å². The fourth-order valence-corrected chi connectivity index (χ4v) is 2.54. The van der Waals surface area contributed by atoms with Gasteiger partial charge in [0.15, 0.2) is 5.82 Å². The van der Waals surface area contributed by atoms with Crippen molar-refractivity contribution < 1.29 is 14.3 Å². The fraction of sp³-hybridized carbons (Fsp3) is 0.600. The maximum absolute atomic E-state index is 11.5. The molecule has 1 aliphatic carbocycles. The second-order valence-electron chi connectivity index (χ2n) is 3.93. The summed E-state index contributed by atoms with van der Waals surface area (Å²) in [6.07, 6.45) is 2.16. The molecule has 6 nitrogen and oxygen atoms in total. The number of nitrogens with two attached hydrogens (primary N) is 1. The van der Waals surface area contributed by atoms with Crippen molar-refractivity contribution in [1.29, 1.82) is 0 Å². The summed E-state index contributed by atoms with van der Waals surface area (Å²) in [5.74, 6) is -0.242. The number of carbonyl (C=O) groups is 1. The molecule has 0 radical (unpaired) electrons. The van der Waals surface area contributed by atoms with Crippen LogP contribution in [0.4, 0.5) is 10.8 Å². The summed E-state index contributed by atoms with van der Waals surface area (Å²) >= 11 is 1.18. The number of ether oxygens (including phenoxy) is 2. The number of rotatable bonds is 4. The molecule has 1 fully saturated rings. The lowest BCUT2D eigenvalue weighted by molar-refractivity contribution is 0.0329. The largest absolute Gasteiger partial charge is 0.465 e.